The molecule has 0 aromatic heterocycles. The first kappa shape index (κ1) is 14.8. The van der Waals surface area contributed by atoms with Crippen molar-refractivity contribution in [2.24, 2.45) is 0 Å². The van der Waals surface area contributed by atoms with Crippen molar-refractivity contribution in [2.75, 3.05) is 13.1 Å². The summed E-state index contributed by atoms with van der Waals surface area (Å²) in [5, 5.41) is 0. The van der Waals surface area contributed by atoms with E-state index in [9.17, 15) is 9.18 Å². The molecule has 0 atom stereocenters. The molecule has 0 N–H and O–H groups in total. The Kier molecular flexibility index (Phi) is 4.02. The van der Waals surface area contributed by atoms with Crippen molar-refractivity contribution < 1.29 is 13.9 Å². The van der Waals surface area contributed by atoms with Gasteiger partial charge in [-0.05, 0) is 23.6 Å². The highest BCUT2D eigenvalue weighted by Gasteiger charge is 2.32. The number of amides is 1. The van der Waals surface area contributed by atoms with E-state index in [0.29, 0.717) is 25.3 Å². The van der Waals surface area contributed by atoms with E-state index in [1.807, 2.05) is 27.7 Å². The molecule has 2 rings (SSSR count). The quantitative estimate of drug-likeness (QED) is 0.850. The van der Waals surface area contributed by atoms with E-state index in [-0.39, 0.29) is 23.2 Å². The smallest absolute Gasteiger partial charge is 0.222 e. The first-order valence-electron chi connectivity index (χ1n) is 7.05. The largest absolute Gasteiger partial charge is 0.486 e. The predicted molar refractivity (Wildman–Crippen MR) is 76.4 cm³/mol. The van der Waals surface area contributed by atoms with Crippen molar-refractivity contribution in [3.63, 3.8) is 0 Å². The molecule has 1 aromatic rings. The van der Waals surface area contributed by atoms with Gasteiger partial charge in [0.25, 0.3) is 0 Å². The van der Waals surface area contributed by atoms with E-state index >= 15 is 0 Å². The molecule has 0 radical (unpaired) electrons. The van der Waals surface area contributed by atoms with Gasteiger partial charge in [0, 0.05) is 12.0 Å². The Morgan fingerprint density at radius 1 is 1.40 bits per heavy atom. The summed E-state index contributed by atoms with van der Waals surface area (Å²) in [5.41, 5.74) is 0.679. The predicted octanol–water partition coefficient (Wildman–Crippen LogP) is 3.12. The highest BCUT2D eigenvalue weighted by molar-refractivity contribution is 5.76. The average molecular weight is 279 g/mol. The fraction of sp³-hybridized carbons (Fsp3) is 0.562. The molecule has 1 saturated heterocycles. The highest BCUT2D eigenvalue weighted by atomic mass is 19.1. The summed E-state index contributed by atoms with van der Waals surface area (Å²) in [6, 6.07) is 4.63. The zero-order valence-corrected chi connectivity index (χ0v) is 12.6. The zero-order chi connectivity index (χ0) is 14.9. The van der Waals surface area contributed by atoms with Gasteiger partial charge in [-0.2, -0.15) is 0 Å². The molecule has 0 unspecified atom stereocenters. The number of nitrogens with zero attached hydrogens (tertiary/aromatic N) is 1. The molecule has 1 aliphatic heterocycles. The Hall–Kier alpha value is -1.58. The molecular weight excluding hydrogens is 257 g/mol. The van der Waals surface area contributed by atoms with Gasteiger partial charge in [0.2, 0.25) is 5.91 Å². The number of likely N-dealkylation sites (tertiary alicyclic amines) is 1. The van der Waals surface area contributed by atoms with Crippen molar-refractivity contribution in [1.29, 1.82) is 0 Å². The summed E-state index contributed by atoms with van der Waals surface area (Å²) >= 11 is 0. The normalized spacial score (nSPS) is 15.9. The van der Waals surface area contributed by atoms with E-state index in [1.54, 1.807) is 11.0 Å². The lowest BCUT2D eigenvalue weighted by Gasteiger charge is -2.39. The van der Waals surface area contributed by atoms with Crippen molar-refractivity contribution in [3.8, 4) is 5.75 Å². The molecule has 4 heteroatoms. The van der Waals surface area contributed by atoms with E-state index in [1.165, 1.54) is 12.1 Å². The van der Waals surface area contributed by atoms with Gasteiger partial charge in [0.15, 0.2) is 0 Å². The lowest BCUT2D eigenvalue weighted by atomic mass is 9.86. The second kappa shape index (κ2) is 5.43. The molecule has 1 aliphatic rings. The van der Waals surface area contributed by atoms with Gasteiger partial charge in [-0.3, -0.25) is 4.79 Å². The van der Waals surface area contributed by atoms with Crippen LogP contribution in [-0.2, 0) is 10.2 Å². The van der Waals surface area contributed by atoms with Crippen LogP contribution in [0.25, 0.3) is 0 Å². The van der Waals surface area contributed by atoms with E-state index < -0.39 is 0 Å². The van der Waals surface area contributed by atoms with E-state index in [4.69, 9.17) is 4.74 Å². The molecule has 0 spiro atoms. The standard InChI is InChI=1S/C16H22FNO2/c1-5-15(19)18-9-12(10-18)20-14-7-6-11(17)8-13(14)16(2,3)4/h6-8,12H,5,9-10H2,1-4H3. The summed E-state index contributed by atoms with van der Waals surface area (Å²) in [6.07, 6.45) is 0.535. The molecule has 110 valence electrons. The van der Waals surface area contributed by atoms with Gasteiger partial charge < -0.3 is 9.64 Å². The van der Waals surface area contributed by atoms with Crippen LogP contribution < -0.4 is 4.74 Å². The van der Waals surface area contributed by atoms with Gasteiger partial charge in [-0.1, -0.05) is 27.7 Å². The van der Waals surface area contributed by atoms with Gasteiger partial charge in [-0.15, -0.1) is 0 Å². The Morgan fingerprint density at radius 3 is 2.60 bits per heavy atom. The van der Waals surface area contributed by atoms with Crippen molar-refractivity contribution in [3.05, 3.63) is 29.6 Å². The van der Waals surface area contributed by atoms with Crippen LogP contribution in [0.1, 0.15) is 39.7 Å². The second-order valence-corrected chi connectivity index (χ2v) is 6.28. The number of benzene rings is 1. The van der Waals surface area contributed by atoms with Crippen LogP contribution >= 0.6 is 0 Å². The van der Waals surface area contributed by atoms with Gasteiger partial charge >= 0.3 is 0 Å². The fourth-order valence-corrected chi connectivity index (χ4v) is 2.31. The average Bonchev–Trinajstić information content (AvgIpc) is 2.32. The van der Waals surface area contributed by atoms with Gasteiger partial charge in [0.05, 0.1) is 13.1 Å². The molecule has 0 aliphatic carbocycles. The maximum atomic E-state index is 13.4. The Labute approximate surface area is 119 Å². The molecule has 1 aromatic carbocycles. The minimum atomic E-state index is -0.251. The summed E-state index contributed by atoms with van der Waals surface area (Å²) in [5.74, 6) is 0.617. The number of carbonyl (C=O) groups is 1. The molecule has 1 fully saturated rings. The summed E-state index contributed by atoms with van der Waals surface area (Å²) in [7, 11) is 0. The molecule has 20 heavy (non-hydrogen) atoms. The number of rotatable bonds is 3. The fourth-order valence-electron chi connectivity index (χ4n) is 2.31. The first-order chi connectivity index (χ1) is 9.31. The minimum Gasteiger partial charge on any atom is -0.486 e. The zero-order valence-electron chi connectivity index (χ0n) is 12.6. The number of hydrogen-bond donors (Lipinski definition) is 0. The summed E-state index contributed by atoms with van der Waals surface area (Å²) < 4.78 is 19.3. The highest BCUT2D eigenvalue weighted by Crippen LogP contribution is 2.33. The number of ether oxygens (including phenoxy) is 1. The Morgan fingerprint density at radius 2 is 2.05 bits per heavy atom. The third-order valence-corrected chi connectivity index (χ3v) is 3.55. The maximum Gasteiger partial charge on any atom is 0.222 e. The lowest BCUT2D eigenvalue weighted by Crippen LogP contribution is -2.56. The molecule has 3 nitrogen and oxygen atoms in total. The van der Waals surface area contributed by atoms with Crippen LogP contribution in [0.5, 0.6) is 5.75 Å². The van der Waals surface area contributed by atoms with E-state index in [2.05, 4.69) is 0 Å². The monoisotopic (exact) mass is 279 g/mol. The van der Waals surface area contributed by atoms with Gasteiger partial charge in [0.1, 0.15) is 17.7 Å². The van der Waals surface area contributed by atoms with Crippen LogP contribution in [0, 0.1) is 5.82 Å². The van der Waals surface area contributed by atoms with Crippen LogP contribution in [0.2, 0.25) is 0 Å². The van der Waals surface area contributed by atoms with Crippen LogP contribution in [0.4, 0.5) is 4.39 Å². The Balaban J connectivity index is 2.06. The van der Waals surface area contributed by atoms with Crippen molar-refractivity contribution in [2.45, 2.75) is 45.6 Å². The van der Waals surface area contributed by atoms with E-state index in [0.717, 1.165) is 5.56 Å². The van der Waals surface area contributed by atoms with Crippen LogP contribution in [-0.4, -0.2) is 30.0 Å². The third-order valence-electron chi connectivity index (χ3n) is 3.55. The molecule has 0 saturated carbocycles. The SMILES string of the molecule is CCC(=O)N1CC(Oc2ccc(F)cc2C(C)(C)C)C1. The lowest BCUT2D eigenvalue weighted by molar-refractivity contribution is -0.139. The molecule has 1 heterocycles. The van der Waals surface area contributed by atoms with Gasteiger partial charge in [-0.25, -0.2) is 4.39 Å². The Bertz CT molecular complexity index is 502. The topological polar surface area (TPSA) is 29.5 Å². The maximum absolute atomic E-state index is 13.4. The number of carbonyl (C=O) groups excluding carboxylic acids is 1. The number of hydrogen-bond acceptors (Lipinski definition) is 2. The first-order valence-corrected chi connectivity index (χ1v) is 7.05. The van der Waals surface area contributed by atoms with Crippen molar-refractivity contribution in [1.82, 2.24) is 4.90 Å². The van der Waals surface area contributed by atoms with Crippen molar-refractivity contribution >= 4 is 5.91 Å². The summed E-state index contributed by atoms with van der Waals surface area (Å²) in [4.78, 5) is 13.3. The third kappa shape index (κ3) is 3.11. The van der Waals surface area contributed by atoms with Crippen LogP contribution in [0.15, 0.2) is 18.2 Å². The molecular formula is C16H22FNO2. The summed E-state index contributed by atoms with van der Waals surface area (Å²) in [6.45, 7) is 9.18. The minimum absolute atomic E-state index is 0.0112. The number of halogens is 1. The second-order valence-electron chi connectivity index (χ2n) is 6.28. The molecule has 0 bridgehead atoms. The molecule has 1 amide bonds. The van der Waals surface area contributed by atoms with Crippen LogP contribution in [0.3, 0.4) is 0 Å².